The molecule has 4 heterocycles. The van der Waals surface area contributed by atoms with E-state index in [4.69, 9.17) is 5.10 Å². The summed E-state index contributed by atoms with van der Waals surface area (Å²) in [6.07, 6.45) is 4.48. The molecule has 2 saturated heterocycles. The normalized spacial score (nSPS) is 18.9. The molecular formula is C25H33N7O. The van der Waals surface area contributed by atoms with Gasteiger partial charge in [0.05, 0.1) is 0 Å². The number of amides is 1. The molecule has 174 valence electrons. The fourth-order valence-electron chi connectivity index (χ4n) is 4.84. The summed E-state index contributed by atoms with van der Waals surface area (Å²) in [6, 6.07) is 12.7. The molecule has 8 heteroatoms. The van der Waals surface area contributed by atoms with Crippen LogP contribution in [-0.4, -0.2) is 63.3 Å². The Labute approximate surface area is 195 Å². The van der Waals surface area contributed by atoms with E-state index in [0.717, 1.165) is 63.0 Å². The van der Waals surface area contributed by atoms with Crippen LogP contribution in [0.4, 0.5) is 5.82 Å². The topological polar surface area (TPSA) is 78.7 Å². The van der Waals surface area contributed by atoms with Gasteiger partial charge < -0.3 is 10.2 Å². The molecule has 5 rings (SSSR count). The third-order valence-corrected chi connectivity index (χ3v) is 6.80. The lowest BCUT2D eigenvalue weighted by atomic mass is 10.1. The molecule has 2 aliphatic rings. The third-order valence-electron chi connectivity index (χ3n) is 6.80. The van der Waals surface area contributed by atoms with Crippen molar-refractivity contribution in [2.24, 2.45) is 5.92 Å². The van der Waals surface area contributed by atoms with Crippen molar-refractivity contribution in [1.82, 2.24) is 30.0 Å². The number of aryl methyl sites for hydroxylation is 2. The van der Waals surface area contributed by atoms with E-state index in [-0.39, 0.29) is 5.91 Å². The second-order valence-corrected chi connectivity index (χ2v) is 9.45. The number of nitrogens with zero attached hydrogens (tertiary/aromatic N) is 6. The van der Waals surface area contributed by atoms with E-state index in [0.29, 0.717) is 18.8 Å². The predicted molar refractivity (Wildman–Crippen MR) is 128 cm³/mol. The average molecular weight is 448 g/mol. The quantitative estimate of drug-likeness (QED) is 0.572. The molecular weight excluding hydrogens is 414 g/mol. The zero-order valence-electron chi connectivity index (χ0n) is 19.4. The zero-order chi connectivity index (χ0) is 22.6. The van der Waals surface area contributed by atoms with Gasteiger partial charge in [0.2, 0.25) is 5.91 Å². The Hall–Kier alpha value is -3.00. The first-order chi connectivity index (χ1) is 16.1. The minimum absolute atomic E-state index is 0.0689. The molecule has 1 N–H and O–H groups in total. The van der Waals surface area contributed by atoms with E-state index in [1.54, 1.807) is 4.52 Å². The Kier molecular flexibility index (Phi) is 6.53. The summed E-state index contributed by atoms with van der Waals surface area (Å²) in [6.45, 7) is 8.05. The fourth-order valence-corrected chi connectivity index (χ4v) is 4.84. The maximum absolute atomic E-state index is 12.5. The van der Waals surface area contributed by atoms with Crippen LogP contribution in [0.2, 0.25) is 0 Å². The van der Waals surface area contributed by atoms with Crippen LogP contribution >= 0.6 is 0 Å². The Morgan fingerprint density at radius 1 is 1.06 bits per heavy atom. The van der Waals surface area contributed by atoms with Gasteiger partial charge in [-0.15, -0.1) is 15.3 Å². The number of fused-ring (bicyclic) bond motifs is 1. The highest BCUT2D eigenvalue weighted by Crippen LogP contribution is 2.19. The third kappa shape index (κ3) is 5.33. The molecule has 0 unspecified atom stereocenters. The van der Waals surface area contributed by atoms with Crippen LogP contribution in [0.3, 0.4) is 0 Å². The number of anilines is 1. The average Bonchev–Trinajstić information content (AvgIpc) is 3.59. The van der Waals surface area contributed by atoms with Crippen molar-refractivity contribution in [2.45, 2.75) is 45.6 Å². The SMILES string of the molecule is Cc1ccc(CN2CC[C@@H](CNC(=O)CCc3nnc4ccc(N5CCCC5)nn34)C2)cc1. The molecule has 0 spiro atoms. The van der Waals surface area contributed by atoms with Crippen molar-refractivity contribution in [3.05, 3.63) is 53.3 Å². The van der Waals surface area contributed by atoms with Crippen LogP contribution in [0.1, 0.15) is 42.6 Å². The van der Waals surface area contributed by atoms with Gasteiger partial charge in [0, 0.05) is 45.6 Å². The molecule has 0 aliphatic carbocycles. The Balaban J connectivity index is 1.08. The number of carbonyl (C=O) groups is 1. The molecule has 2 aromatic heterocycles. The lowest BCUT2D eigenvalue weighted by molar-refractivity contribution is -0.121. The number of rotatable bonds is 8. The number of aromatic nitrogens is 4. The van der Waals surface area contributed by atoms with Gasteiger partial charge in [-0.1, -0.05) is 29.8 Å². The van der Waals surface area contributed by atoms with E-state index >= 15 is 0 Å². The van der Waals surface area contributed by atoms with Gasteiger partial charge in [0.25, 0.3) is 0 Å². The molecule has 3 aromatic rings. The first kappa shape index (κ1) is 21.8. The minimum Gasteiger partial charge on any atom is -0.356 e. The lowest BCUT2D eigenvalue weighted by Gasteiger charge is -2.16. The maximum Gasteiger partial charge on any atom is 0.220 e. The molecule has 0 bridgehead atoms. The Morgan fingerprint density at radius 3 is 2.70 bits per heavy atom. The van der Waals surface area contributed by atoms with Crippen molar-refractivity contribution >= 4 is 17.4 Å². The molecule has 1 aromatic carbocycles. The van der Waals surface area contributed by atoms with Crippen molar-refractivity contribution in [1.29, 1.82) is 0 Å². The molecule has 0 radical (unpaired) electrons. The Morgan fingerprint density at radius 2 is 1.88 bits per heavy atom. The van der Waals surface area contributed by atoms with Crippen molar-refractivity contribution in [3.63, 3.8) is 0 Å². The smallest absolute Gasteiger partial charge is 0.220 e. The fraction of sp³-hybridized carbons (Fsp3) is 0.520. The van der Waals surface area contributed by atoms with E-state index in [1.165, 1.54) is 24.0 Å². The molecule has 1 atom stereocenters. The van der Waals surface area contributed by atoms with Gasteiger partial charge in [0.15, 0.2) is 11.5 Å². The first-order valence-corrected chi connectivity index (χ1v) is 12.1. The number of hydrogen-bond donors (Lipinski definition) is 1. The van der Waals surface area contributed by atoms with Crippen molar-refractivity contribution in [3.8, 4) is 0 Å². The monoisotopic (exact) mass is 447 g/mol. The van der Waals surface area contributed by atoms with Crippen LogP contribution in [0.15, 0.2) is 36.4 Å². The number of hydrogen-bond acceptors (Lipinski definition) is 6. The molecule has 8 nitrogen and oxygen atoms in total. The highest BCUT2D eigenvalue weighted by atomic mass is 16.1. The summed E-state index contributed by atoms with van der Waals surface area (Å²) in [5.74, 6) is 2.28. The van der Waals surface area contributed by atoms with Gasteiger partial charge in [-0.05, 0) is 56.3 Å². The largest absolute Gasteiger partial charge is 0.356 e. The van der Waals surface area contributed by atoms with E-state index < -0.39 is 0 Å². The van der Waals surface area contributed by atoms with Gasteiger partial charge in [0.1, 0.15) is 5.82 Å². The molecule has 0 saturated carbocycles. The highest BCUT2D eigenvalue weighted by molar-refractivity contribution is 5.76. The standard InChI is InChI=1S/C25H33N7O/c1-19-4-6-20(7-5-19)17-30-15-12-21(18-30)16-26-25(33)11-10-23-28-27-22-8-9-24(29-32(22)23)31-13-2-3-14-31/h4-9,21H,2-3,10-18H2,1H3,(H,26,33)/t21-/m0/s1. The predicted octanol–water partition coefficient (Wildman–Crippen LogP) is 2.60. The lowest BCUT2D eigenvalue weighted by Crippen LogP contribution is -2.31. The number of likely N-dealkylation sites (tertiary alicyclic amines) is 1. The van der Waals surface area contributed by atoms with Gasteiger partial charge >= 0.3 is 0 Å². The summed E-state index contributed by atoms with van der Waals surface area (Å²) in [5.41, 5.74) is 3.38. The minimum atomic E-state index is 0.0689. The summed E-state index contributed by atoms with van der Waals surface area (Å²) in [7, 11) is 0. The zero-order valence-corrected chi connectivity index (χ0v) is 19.4. The van der Waals surface area contributed by atoms with Crippen LogP contribution in [-0.2, 0) is 17.8 Å². The summed E-state index contributed by atoms with van der Waals surface area (Å²) in [5, 5.41) is 16.4. The summed E-state index contributed by atoms with van der Waals surface area (Å²) < 4.78 is 1.79. The highest BCUT2D eigenvalue weighted by Gasteiger charge is 2.23. The maximum atomic E-state index is 12.5. The second-order valence-electron chi connectivity index (χ2n) is 9.45. The summed E-state index contributed by atoms with van der Waals surface area (Å²) in [4.78, 5) is 17.3. The van der Waals surface area contributed by atoms with Crippen LogP contribution in [0.5, 0.6) is 0 Å². The van der Waals surface area contributed by atoms with Crippen molar-refractivity contribution in [2.75, 3.05) is 37.6 Å². The van der Waals surface area contributed by atoms with E-state index in [2.05, 4.69) is 56.5 Å². The number of nitrogens with one attached hydrogen (secondary N) is 1. The second kappa shape index (κ2) is 9.87. The van der Waals surface area contributed by atoms with E-state index in [9.17, 15) is 4.79 Å². The van der Waals surface area contributed by atoms with Crippen LogP contribution in [0.25, 0.3) is 5.65 Å². The van der Waals surface area contributed by atoms with Gasteiger partial charge in [-0.25, -0.2) is 0 Å². The molecule has 33 heavy (non-hydrogen) atoms. The van der Waals surface area contributed by atoms with Crippen LogP contribution in [0, 0.1) is 12.8 Å². The van der Waals surface area contributed by atoms with Crippen molar-refractivity contribution < 1.29 is 4.79 Å². The van der Waals surface area contributed by atoms with Gasteiger partial charge in [-0.2, -0.15) is 4.52 Å². The van der Waals surface area contributed by atoms with E-state index in [1.807, 2.05) is 12.1 Å². The summed E-state index contributed by atoms with van der Waals surface area (Å²) >= 11 is 0. The number of carbonyl (C=O) groups excluding carboxylic acids is 1. The Bertz CT molecular complexity index is 1090. The molecule has 2 aliphatic heterocycles. The van der Waals surface area contributed by atoms with Gasteiger partial charge in [-0.3, -0.25) is 9.69 Å². The van der Waals surface area contributed by atoms with Crippen LogP contribution < -0.4 is 10.2 Å². The number of benzene rings is 1. The molecule has 2 fully saturated rings. The molecule has 1 amide bonds. The first-order valence-electron chi connectivity index (χ1n) is 12.1.